The van der Waals surface area contributed by atoms with Gasteiger partial charge in [0.05, 0.1) is 0 Å². The van der Waals surface area contributed by atoms with Crippen molar-refractivity contribution in [3.63, 3.8) is 0 Å². The Labute approximate surface area is 100 Å². The molecule has 16 heavy (non-hydrogen) atoms. The number of alkyl halides is 4. The van der Waals surface area contributed by atoms with Gasteiger partial charge in [-0.05, 0) is 11.1 Å². The van der Waals surface area contributed by atoms with Crippen LogP contribution in [0.4, 0.5) is 13.2 Å². The number of benzene rings is 1. The van der Waals surface area contributed by atoms with Crippen LogP contribution in [0.1, 0.15) is 11.1 Å². The summed E-state index contributed by atoms with van der Waals surface area (Å²) in [5.74, 6) is 0. The Morgan fingerprint density at radius 2 is 1.69 bits per heavy atom. The summed E-state index contributed by atoms with van der Waals surface area (Å²) in [7, 11) is 0. The van der Waals surface area contributed by atoms with E-state index >= 15 is 0 Å². The number of hydrogen-bond acceptors (Lipinski definition) is 1. The fraction of sp³-hybridized carbons (Fsp3) is 0.455. The van der Waals surface area contributed by atoms with Crippen LogP contribution in [0, 0.1) is 0 Å². The van der Waals surface area contributed by atoms with Crippen LogP contribution >= 0.6 is 15.9 Å². The van der Waals surface area contributed by atoms with Gasteiger partial charge >= 0.3 is 6.18 Å². The highest BCUT2D eigenvalue weighted by molar-refractivity contribution is 9.09. The zero-order chi connectivity index (χ0) is 11.8. The molecule has 0 N–H and O–H groups in total. The Bertz CT molecular complexity index is 353. The Hall–Kier alpha value is -0.550. The smallest absolute Gasteiger partial charge is 0.293 e. The highest BCUT2D eigenvalue weighted by Crippen LogP contribution is 2.30. The van der Waals surface area contributed by atoms with Gasteiger partial charge in [0.25, 0.3) is 0 Å². The summed E-state index contributed by atoms with van der Waals surface area (Å²) in [6.07, 6.45) is -4.17. The molecule has 0 spiro atoms. The third-order valence-corrected chi connectivity index (χ3v) is 3.49. The average molecular weight is 294 g/mol. The number of hydrogen-bond donors (Lipinski definition) is 0. The molecule has 1 nitrogen and oxygen atoms in total. The summed E-state index contributed by atoms with van der Waals surface area (Å²) in [4.78, 5) is 0.353. The molecule has 0 aliphatic carbocycles. The van der Waals surface area contributed by atoms with E-state index in [0.717, 1.165) is 11.1 Å². The van der Waals surface area contributed by atoms with Gasteiger partial charge in [-0.2, -0.15) is 13.2 Å². The predicted molar refractivity (Wildman–Crippen MR) is 59.3 cm³/mol. The van der Waals surface area contributed by atoms with Crippen LogP contribution in [0.25, 0.3) is 0 Å². The Morgan fingerprint density at radius 1 is 1.19 bits per heavy atom. The van der Waals surface area contributed by atoms with Gasteiger partial charge in [0.15, 0.2) is 0 Å². The SMILES string of the molecule is FC(F)(F)C(Br)CN1Cc2ccccc2C1. The van der Waals surface area contributed by atoms with E-state index in [1.54, 1.807) is 4.90 Å². The van der Waals surface area contributed by atoms with Crippen LogP contribution in [-0.2, 0) is 13.1 Å². The van der Waals surface area contributed by atoms with Crippen LogP contribution in [-0.4, -0.2) is 22.4 Å². The van der Waals surface area contributed by atoms with Gasteiger partial charge in [-0.3, -0.25) is 4.90 Å². The van der Waals surface area contributed by atoms with Crippen molar-refractivity contribution in [2.45, 2.75) is 24.1 Å². The lowest BCUT2D eigenvalue weighted by Gasteiger charge is -2.20. The fourth-order valence-corrected chi connectivity index (χ4v) is 2.27. The Balaban J connectivity index is 1.97. The molecule has 1 unspecified atom stereocenters. The quantitative estimate of drug-likeness (QED) is 0.756. The molecule has 1 aliphatic heterocycles. The van der Waals surface area contributed by atoms with E-state index in [4.69, 9.17) is 0 Å². The van der Waals surface area contributed by atoms with Crippen molar-refractivity contribution >= 4 is 15.9 Å². The molecule has 0 radical (unpaired) electrons. The first-order valence-corrected chi connectivity index (χ1v) is 5.88. The predicted octanol–water partition coefficient (Wildman–Crippen LogP) is 3.33. The molecular formula is C11H11BrF3N. The van der Waals surface area contributed by atoms with Crippen molar-refractivity contribution in [3.05, 3.63) is 35.4 Å². The number of fused-ring (bicyclic) bond motifs is 1. The standard InChI is InChI=1S/C11H11BrF3N/c12-10(11(13,14)15)7-16-5-8-3-1-2-4-9(8)6-16/h1-4,10H,5-7H2. The van der Waals surface area contributed by atoms with Gasteiger partial charge in [-0.25, -0.2) is 0 Å². The monoisotopic (exact) mass is 293 g/mol. The molecule has 0 amide bonds. The van der Waals surface area contributed by atoms with Gasteiger partial charge in [0, 0.05) is 19.6 Å². The Morgan fingerprint density at radius 3 is 2.12 bits per heavy atom. The molecule has 1 atom stereocenters. The third kappa shape index (κ3) is 2.58. The van der Waals surface area contributed by atoms with E-state index < -0.39 is 11.0 Å². The molecule has 5 heteroatoms. The molecular weight excluding hydrogens is 283 g/mol. The van der Waals surface area contributed by atoms with E-state index in [0.29, 0.717) is 13.1 Å². The van der Waals surface area contributed by atoms with Gasteiger partial charge in [0.2, 0.25) is 0 Å². The molecule has 0 aromatic heterocycles. The van der Waals surface area contributed by atoms with Crippen LogP contribution in [0.15, 0.2) is 24.3 Å². The molecule has 1 aromatic carbocycles. The number of nitrogens with zero attached hydrogens (tertiary/aromatic N) is 1. The van der Waals surface area contributed by atoms with Crippen molar-refractivity contribution < 1.29 is 13.2 Å². The minimum Gasteiger partial charge on any atom is -0.293 e. The lowest BCUT2D eigenvalue weighted by atomic mass is 10.1. The first kappa shape index (κ1) is 11.9. The van der Waals surface area contributed by atoms with Gasteiger partial charge in [-0.1, -0.05) is 40.2 Å². The maximum Gasteiger partial charge on any atom is 0.402 e. The normalized spacial score (nSPS) is 18.5. The molecule has 0 bridgehead atoms. The van der Waals surface area contributed by atoms with Crippen molar-refractivity contribution in [1.29, 1.82) is 0 Å². The fourth-order valence-electron chi connectivity index (χ4n) is 1.86. The van der Waals surface area contributed by atoms with Crippen LogP contribution in [0.3, 0.4) is 0 Å². The van der Waals surface area contributed by atoms with E-state index in [1.807, 2.05) is 24.3 Å². The van der Waals surface area contributed by atoms with E-state index in [2.05, 4.69) is 15.9 Å². The second-order valence-corrected chi connectivity index (χ2v) is 5.05. The zero-order valence-electron chi connectivity index (χ0n) is 8.47. The second-order valence-electron chi connectivity index (χ2n) is 3.95. The van der Waals surface area contributed by atoms with Crippen molar-refractivity contribution in [2.75, 3.05) is 6.54 Å². The third-order valence-electron chi connectivity index (χ3n) is 2.68. The first-order chi connectivity index (χ1) is 7.47. The van der Waals surface area contributed by atoms with Crippen LogP contribution in [0.2, 0.25) is 0 Å². The summed E-state index contributed by atoms with van der Waals surface area (Å²) in [6.45, 7) is 1.21. The molecule has 88 valence electrons. The highest BCUT2D eigenvalue weighted by Gasteiger charge is 2.39. The van der Waals surface area contributed by atoms with E-state index in [1.165, 1.54) is 0 Å². The molecule has 1 aromatic rings. The zero-order valence-corrected chi connectivity index (χ0v) is 10.1. The second kappa shape index (κ2) is 4.37. The molecule has 2 rings (SSSR count). The minimum atomic E-state index is -4.17. The lowest BCUT2D eigenvalue weighted by Crippen LogP contribution is -2.34. The molecule has 1 aliphatic rings. The minimum absolute atomic E-state index is 0.00181. The molecule has 0 saturated carbocycles. The van der Waals surface area contributed by atoms with Crippen LogP contribution < -0.4 is 0 Å². The van der Waals surface area contributed by atoms with Crippen molar-refractivity contribution in [1.82, 2.24) is 4.90 Å². The van der Waals surface area contributed by atoms with Crippen molar-refractivity contribution in [3.8, 4) is 0 Å². The molecule has 0 fully saturated rings. The van der Waals surface area contributed by atoms with Gasteiger partial charge in [-0.15, -0.1) is 0 Å². The average Bonchev–Trinajstić information content (AvgIpc) is 2.58. The Kier molecular flexibility index (Phi) is 3.26. The summed E-state index contributed by atoms with van der Waals surface area (Å²) in [5, 5.41) is 0. The van der Waals surface area contributed by atoms with Gasteiger partial charge in [0.1, 0.15) is 4.83 Å². The number of rotatable bonds is 2. The van der Waals surface area contributed by atoms with E-state index in [9.17, 15) is 13.2 Å². The molecule has 1 heterocycles. The maximum atomic E-state index is 12.4. The van der Waals surface area contributed by atoms with Crippen LogP contribution in [0.5, 0.6) is 0 Å². The van der Waals surface area contributed by atoms with Crippen molar-refractivity contribution in [2.24, 2.45) is 0 Å². The lowest BCUT2D eigenvalue weighted by molar-refractivity contribution is -0.130. The largest absolute Gasteiger partial charge is 0.402 e. The topological polar surface area (TPSA) is 3.24 Å². The summed E-state index contributed by atoms with van der Waals surface area (Å²) < 4.78 is 37.1. The number of halogens is 4. The van der Waals surface area contributed by atoms with Gasteiger partial charge < -0.3 is 0 Å². The van der Waals surface area contributed by atoms with E-state index in [-0.39, 0.29) is 6.54 Å². The molecule has 0 saturated heterocycles. The highest BCUT2D eigenvalue weighted by atomic mass is 79.9. The summed E-state index contributed by atoms with van der Waals surface area (Å²) in [5.41, 5.74) is 2.26. The summed E-state index contributed by atoms with van der Waals surface area (Å²) >= 11 is 2.69. The first-order valence-electron chi connectivity index (χ1n) is 4.97. The maximum absolute atomic E-state index is 12.4. The summed E-state index contributed by atoms with van der Waals surface area (Å²) in [6, 6.07) is 7.76.